The third-order valence-corrected chi connectivity index (χ3v) is 2.50. The second kappa shape index (κ2) is 4.46. The quantitative estimate of drug-likeness (QED) is 0.577. The van der Waals surface area contributed by atoms with Crippen LogP contribution >= 0.6 is 0 Å². The van der Waals surface area contributed by atoms with Crippen molar-refractivity contribution in [1.82, 2.24) is 5.32 Å². The Bertz CT molecular complexity index is 402. The zero-order chi connectivity index (χ0) is 11.5. The SMILES string of the molecule is O=[N+]([O-])c1ccc(O)cc1C1COCCN1. The van der Waals surface area contributed by atoms with E-state index in [9.17, 15) is 15.2 Å². The van der Waals surface area contributed by atoms with Gasteiger partial charge >= 0.3 is 0 Å². The van der Waals surface area contributed by atoms with Crippen molar-refractivity contribution in [2.75, 3.05) is 19.8 Å². The topological polar surface area (TPSA) is 84.6 Å². The number of phenols is 1. The normalized spacial score (nSPS) is 20.6. The molecule has 0 spiro atoms. The van der Waals surface area contributed by atoms with Crippen molar-refractivity contribution >= 4 is 5.69 Å². The summed E-state index contributed by atoms with van der Waals surface area (Å²) in [7, 11) is 0. The highest BCUT2D eigenvalue weighted by Gasteiger charge is 2.24. The lowest BCUT2D eigenvalue weighted by molar-refractivity contribution is -0.385. The smallest absolute Gasteiger partial charge is 0.274 e. The molecule has 16 heavy (non-hydrogen) atoms. The van der Waals surface area contributed by atoms with Gasteiger partial charge < -0.3 is 15.2 Å². The average molecular weight is 224 g/mol. The average Bonchev–Trinajstić information content (AvgIpc) is 2.29. The lowest BCUT2D eigenvalue weighted by Gasteiger charge is -2.23. The fourth-order valence-electron chi connectivity index (χ4n) is 1.75. The number of nitro benzene ring substituents is 1. The van der Waals surface area contributed by atoms with Gasteiger partial charge in [-0.25, -0.2) is 0 Å². The largest absolute Gasteiger partial charge is 0.508 e. The minimum absolute atomic E-state index is 0.000741. The first-order chi connectivity index (χ1) is 7.68. The lowest BCUT2D eigenvalue weighted by atomic mass is 10.0. The fourth-order valence-corrected chi connectivity index (χ4v) is 1.75. The van der Waals surface area contributed by atoms with Gasteiger partial charge in [-0.3, -0.25) is 10.1 Å². The standard InChI is InChI=1S/C10H12N2O4/c13-7-1-2-10(12(14)15)8(5-7)9-6-16-4-3-11-9/h1-2,5,9,11,13H,3-4,6H2. The van der Waals surface area contributed by atoms with Crippen LogP contribution in [0.25, 0.3) is 0 Å². The number of ether oxygens (including phenoxy) is 1. The van der Waals surface area contributed by atoms with Crippen LogP contribution in [0.2, 0.25) is 0 Å². The number of rotatable bonds is 2. The summed E-state index contributed by atoms with van der Waals surface area (Å²) in [6, 6.07) is 3.79. The summed E-state index contributed by atoms with van der Waals surface area (Å²) in [5, 5.41) is 23.3. The summed E-state index contributed by atoms with van der Waals surface area (Å²) in [6.07, 6.45) is 0. The van der Waals surface area contributed by atoms with Crippen molar-refractivity contribution in [2.24, 2.45) is 0 Å². The van der Waals surface area contributed by atoms with Crippen LogP contribution in [0.4, 0.5) is 5.69 Å². The van der Waals surface area contributed by atoms with Gasteiger partial charge in [0.25, 0.3) is 5.69 Å². The van der Waals surface area contributed by atoms with Crippen molar-refractivity contribution in [3.05, 3.63) is 33.9 Å². The summed E-state index contributed by atoms with van der Waals surface area (Å²) >= 11 is 0. The Morgan fingerprint density at radius 1 is 1.56 bits per heavy atom. The molecule has 1 fully saturated rings. The summed E-state index contributed by atoms with van der Waals surface area (Å²) in [5.74, 6) is 0.0213. The molecule has 2 rings (SSSR count). The highest BCUT2D eigenvalue weighted by molar-refractivity contribution is 5.46. The zero-order valence-electron chi connectivity index (χ0n) is 8.55. The van der Waals surface area contributed by atoms with E-state index < -0.39 is 4.92 Å². The van der Waals surface area contributed by atoms with Gasteiger partial charge in [0.2, 0.25) is 0 Å². The van der Waals surface area contributed by atoms with Gasteiger partial charge in [0, 0.05) is 12.6 Å². The molecular weight excluding hydrogens is 212 g/mol. The molecule has 0 bridgehead atoms. The molecule has 6 nitrogen and oxygen atoms in total. The number of nitro groups is 1. The van der Waals surface area contributed by atoms with E-state index in [1.807, 2.05) is 0 Å². The second-order valence-corrected chi connectivity index (χ2v) is 3.58. The molecule has 0 saturated carbocycles. The molecule has 1 atom stereocenters. The first-order valence-electron chi connectivity index (χ1n) is 4.97. The van der Waals surface area contributed by atoms with Gasteiger partial charge in [-0.2, -0.15) is 0 Å². The third kappa shape index (κ3) is 2.12. The van der Waals surface area contributed by atoms with Crippen LogP contribution in [0.15, 0.2) is 18.2 Å². The van der Waals surface area contributed by atoms with Crippen LogP contribution in [-0.2, 0) is 4.74 Å². The maximum Gasteiger partial charge on any atom is 0.274 e. The summed E-state index contributed by atoms with van der Waals surface area (Å²) in [6.45, 7) is 1.63. The van der Waals surface area contributed by atoms with Crippen molar-refractivity contribution in [3.63, 3.8) is 0 Å². The predicted molar refractivity (Wildman–Crippen MR) is 56.3 cm³/mol. The van der Waals surface area contributed by atoms with Crippen LogP contribution in [0, 0.1) is 10.1 Å². The van der Waals surface area contributed by atoms with E-state index in [4.69, 9.17) is 4.74 Å². The molecule has 1 heterocycles. The first kappa shape index (κ1) is 10.8. The van der Waals surface area contributed by atoms with E-state index in [0.717, 1.165) is 0 Å². The van der Waals surface area contributed by atoms with E-state index in [1.165, 1.54) is 18.2 Å². The fraction of sp³-hybridized carbons (Fsp3) is 0.400. The number of aromatic hydroxyl groups is 1. The molecular formula is C10H12N2O4. The van der Waals surface area contributed by atoms with Gasteiger partial charge in [-0.1, -0.05) is 0 Å². The predicted octanol–water partition coefficient (Wildman–Crippen LogP) is 0.961. The van der Waals surface area contributed by atoms with Crippen LogP contribution < -0.4 is 5.32 Å². The molecule has 0 amide bonds. The number of hydrogen-bond donors (Lipinski definition) is 2. The molecule has 0 radical (unpaired) electrons. The molecule has 1 aliphatic rings. The molecule has 1 aromatic rings. The molecule has 1 unspecified atom stereocenters. The number of nitrogens with one attached hydrogen (secondary N) is 1. The number of benzene rings is 1. The van der Waals surface area contributed by atoms with E-state index in [2.05, 4.69) is 5.32 Å². The van der Waals surface area contributed by atoms with Gasteiger partial charge in [0.1, 0.15) is 5.75 Å². The highest BCUT2D eigenvalue weighted by atomic mass is 16.6. The van der Waals surface area contributed by atoms with E-state index in [0.29, 0.717) is 25.3 Å². The van der Waals surface area contributed by atoms with Gasteiger partial charge in [0.15, 0.2) is 0 Å². The molecule has 0 aliphatic carbocycles. The van der Waals surface area contributed by atoms with Crippen molar-refractivity contribution in [3.8, 4) is 5.75 Å². The maximum atomic E-state index is 10.8. The monoisotopic (exact) mass is 224 g/mol. The number of morpholine rings is 1. The zero-order valence-corrected chi connectivity index (χ0v) is 8.55. The maximum absolute atomic E-state index is 10.8. The second-order valence-electron chi connectivity index (χ2n) is 3.58. The highest BCUT2D eigenvalue weighted by Crippen LogP contribution is 2.29. The van der Waals surface area contributed by atoms with E-state index in [1.54, 1.807) is 0 Å². The Kier molecular flexibility index (Phi) is 3.02. The molecule has 6 heteroatoms. The van der Waals surface area contributed by atoms with Gasteiger partial charge in [-0.15, -0.1) is 0 Å². The molecule has 1 aliphatic heterocycles. The third-order valence-electron chi connectivity index (χ3n) is 2.50. The number of nitrogens with zero attached hydrogens (tertiary/aromatic N) is 1. The number of hydrogen-bond acceptors (Lipinski definition) is 5. The van der Waals surface area contributed by atoms with Crippen LogP contribution in [-0.4, -0.2) is 29.8 Å². The Hall–Kier alpha value is -1.66. The van der Waals surface area contributed by atoms with Crippen molar-refractivity contribution in [1.29, 1.82) is 0 Å². The number of phenolic OH excluding ortho intramolecular Hbond substituents is 1. The Morgan fingerprint density at radius 2 is 2.38 bits per heavy atom. The molecule has 1 saturated heterocycles. The van der Waals surface area contributed by atoms with Crippen molar-refractivity contribution in [2.45, 2.75) is 6.04 Å². The van der Waals surface area contributed by atoms with Crippen molar-refractivity contribution < 1.29 is 14.8 Å². The summed E-state index contributed by atoms with van der Waals surface area (Å²) in [4.78, 5) is 10.4. The van der Waals surface area contributed by atoms with Crippen LogP contribution in [0.3, 0.4) is 0 Å². The molecule has 0 aromatic heterocycles. The minimum atomic E-state index is -0.453. The minimum Gasteiger partial charge on any atom is -0.508 e. The lowest BCUT2D eigenvalue weighted by Crippen LogP contribution is -2.34. The first-order valence-corrected chi connectivity index (χ1v) is 4.97. The molecule has 1 aromatic carbocycles. The Balaban J connectivity index is 2.36. The van der Waals surface area contributed by atoms with E-state index in [-0.39, 0.29) is 17.5 Å². The Morgan fingerprint density at radius 3 is 3.00 bits per heavy atom. The van der Waals surface area contributed by atoms with E-state index >= 15 is 0 Å². The molecule has 86 valence electrons. The Labute approximate surface area is 92.0 Å². The van der Waals surface area contributed by atoms with Crippen LogP contribution in [0.5, 0.6) is 5.75 Å². The summed E-state index contributed by atoms with van der Waals surface area (Å²) in [5.41, 5.74) is 0.463. The van der Waals surface area contributed by atoms with Crippen LogP contribution in [0.1, 0.15) is 11.6 Å². The summed E-state index contributed by atoms with van der Waals surface area (Å²) < 4.78 is 5.24. The van der Waals surface area contributed by atoms with Gasteiger partial charge in [-0.05, 0) is 12.1 Å². The molecule has 2 N–H and O–H groups in total. The van der Waals surface area contributed by atoms with Gasteiger partial charge in [0.05, 0.1) is 29.7 Å².